The van der Waals surface area contributed by atoms with Crippen LogP contribution in [0.15, 0.2) is 73.1 Å². The molecule has 6 aromatic rings. The van der Waals surface area contributed by atoms with Gasteiger partial charge in [-0.3, -0.25) is 14.0 Å². The molecule has 3 aromatic carbocycles. The minimum absolute atomic E-state index is 0.504. The fourth-order valence-corrected chi connectivity index (χ4v) is 7.80. The van der Waals surface area contributed by atoms with Crippen LogP contribution in [-0.4, -0.2) is 53.0 Å². The third-order valence-corrected chi connectivity index (χ3v) is 10.1. The Morgan fingerprint density at radius 3 is 2.40 bits per heavy atom. The van der Waals surface area contributed by atoms with Crippen molar-refractivity contribution in [3.63, 3.8) is 0 Å². The number of aliphatic carboxylic acids is 1. The Labute approximate surface area is 282 Å². The third kappa shape index (κ3) is 5.38. The highest BCUT2D eigenvalue weighted by Crippen LogP contribution is 2.49. The van der Waals surface area contributed by atoms with E-state index in [-0.39, 0.29) is 0 Å². The zero-order valence-electron chi connectivity index (χ0n) is 28.2. The van der Waals surface area contributed by atoms with E-state index in [1.54, 1.807) is 6.26 Å². The first kappa shape index (κ1) is 31.8. The predicted molar refractivity (Wildman–Crippen MR) is 192 cm³/mol. The number of aryl methyl sites for hydroxylation is 2. The topological polar surface area (TPSA) is 102 Å². The average Bonchev–Trinajstić information content (AvgIpc) is 3.62. The van der Waals surface area contributed by atoms with Gasteiger partial charge < -0.3 is 14.4 Å². The molecule has 1 aliphatic heterocycles. The molecule has 0 spiro atoms. The standard InChI is InChI=1S/C38H39N5O4S/c1-22-8-10-24(11-9-22)33-28-20-31(26-14-15-39-29(19-26)25-12-13-30-27(18-25)21-40-41(30)6)42-16-17-43(48(7)46)34(35(28)42)23(2)32(33)36(37(44)45)47-38(3,4)5/h8-15,18-21,36H,16-17H2,1-7H3,(H,44,45). The number of carboxylic acid groups (broad SMARTS) is 1. The SMILES string of the molecule is Cc1ccc(-c2c(C(OC(C)(C)C)C(=O)O)c(C)c3c4c2cc(-c2ccnc(-c5ccc6c(cnn6C)c5)c2)n4CCN3S(C)=O)cc1. The van der Waals surface area contributed by atoms with E-state index >= 15 is 0 Å². The zero-order valence-corrected chi connectivity index (χ0v) is 29.1. The lowest BCUT2D eigenvalue weighted by Gasteiger charge is -2.34. The zero-order chi connectivity index (χ0) is 34.1. The molecule has 1 N–H and O–H groups in total. The molecule has 0 bridgehead atoms. The minimum atomic E-state index is -1.34. The van der Waals surface area contributed by atoms with Crippen LogP contribution >= 0.6 is 0 Å². The van der Waals surface area contributed by atoms with Gasteiger partial charge in [0.1, 0.15) is 11.0 Å². The number of pyridine rings is 1. The van der Waals surface area contributed by atoms with Crippen LogP contribution in [0.4, 0.5) is 5.69 Å². The summed E-state index contributed by atoms with van der Waals surface area (Å²) in [6.07, 6.45) is 4.11. The first-order valence-electron chi connectivity index (χ1n) is 16.0. The van der Waals surface area contributed by atoms with E-state index in [1.807, 2.05) is 93.4 Å². The number of carbonyl (C=O) groups is 1. The van der Waals surface area contributed by atoms with Crippen LogP contribution in [0, 0.1) is 13.8 Å². The maximum Gasteiger partial charge on any atom is 0.337 e. The lowest BCUT2D eigenvalue weighted by Crippen LogP contribution is -2.34. The molecule has 246 valence electrons. The molecule has 7 rings (SSSR count). The Hall–Kier alpha value is -4.80. The van der Waals surface area contributed by atoms with Crippen molar-refractivity contribution < 1.29 is 18.8 Å². The van der Waals surface area contributed by atoms with E-state index in [9.17, 15) is 14.1 Å². The van der Waals surface area contributed by atoms with Crippen molar-refractivity contribution in [2.45, 2.75) is 52.9 Å². The second kappa shape index (κ2) is 11.7. The van der Waals surface area contributed by atoms with Crippen molar-refractivity contribution in [1.82, 2.24) is 19.3 Å². The Balaban J connectivity index is 1.53. The molecule has 1 aliphatic rings. The number of nitrogens with zero attached hydrogens (tertiary/aromatic N) is 5. The van der Waals surface area contributed by atoms with Crippen LogP contribution in [0.3, 0.4) is 0 Å². The molecule has 3 aromatic heterocycles. The second-order valence-corrected chi connectivity index (χ2v) is 14.8. The van der Waals surface area contributed by atoms with Crippen LogP contribution in [0.5, 0.6) is 0 Å². The van der Waals surface area contributed by atoms with Gasteiger partial charge in [0.15, 0.2) is 6.10 Å². The molecule has 0 amide bonds. The number of anilines is 1. The number of benzene rings is 3. The van der Waals surface area contributed by atoms with E-state index < -0.39 is 28.7 Å². The van der Waals surface area contributed by atoms with E-state index in [4.69, 9.17) is 9.72 Å². The largest absolute Gasteiger partial charge is 0.479 e. The number of ether oxygens (including phenoxy) is 1. The van der Waals surface area contributed by atoms with Crippen LogP contribution in [0.25, 0.3) is 55.4 Å². The lowest BCUT2D eigenvalue weighted by molar-refractivity contribution is -0.160. The highest BCUT2D eigenvalue weighted by atomic mass is 32.2. The summed E-state index contributed by atoms with van der Waals surface area (Å²) in [7, 11) is 0.589. The van der Waals surface area contributed by atoms with Crippen molar-refractivity contribution in [2.24, 2.45) is 7.05 Å². The molecule has 2 atom stereocenters. The predicted octanol–water partition coefficient (Wildman–Crippen LogP) is 7.60. The average molecular weight is 662 g/mol. The number of fused-ring (bicyclic) bond motifs is 1. The van der Waals surface area contributed by atoms with Gasteiger partial charge in [0.25, 0.3) is 0 Å². The van der Waals surface area contributed by atoms with Gasteiger partial charge in [0.05, 0.1) is 34.2 Å². The molecule has 48 heavy (non-hydrogen) atoms. The van der Waals surface area contributed by atoms with E-state index in [2.05, 4.69) is 40.0 Å². The van der Waals surface area contributed by atoms with Crippen LogP contribution < -0.4 is 4.31 Å². The van der Waals surface area contributed by atoms with Gasteiger partial charge in [-0.2, -0.15) is 5.10 Å². The van der Waals surface area contributed by atoms with Crippen LogP contribution in [-0.2, 0) is 34.1 Å². The second-order valence-electron chi connectivity index (χ2n) is 13.5. The smallest absolute Gasteiger partial charge is 0.337 e. The maximum atomic E-state index is 13.3. The van der Waals surface area contributed by atoms with Crippen LogP contribution in [0.2, 0.25) is 0 Å². The normalized spacial score (nSPS) is 14.5. The van der Waals surface area contributed by atoms with Crippen molar-refractivity contribution in [3.05, 3.63) is 89.7 Å². The Bertz CT molecular complexity index is 2260. The van der Waals surface area contributed by atoms with E-state index in [0.29, 0.717) is 18.7 Å². The molecule has 0 fully saturated rings. The van der Waals surface area contributed by atoms with Gasteiger partial charge in [-0.1, -0.05) is 35.9 Å². The summed E-state index contributed by atoms with van der Waals surface area (Å²) in [5, 5.41) is 17.0. The molecule has 10 heteroatoms. The highest BCUT2D eigenvalue weighted by Gasteiger charge is 2.37. The Kier molecular flexibility index (Phi) is 7.76. The number of aromatic nitrogens is 4. The van der Waals surface area contributed by atoms with Gasteiger partial charge in [0.2, 0.25) is 0 Å². The monoisotopic (exact) mass is 661 g/mol. The molecule has 0 radical (unpaired) electrons. The molecule has 0 saturated heterocycles. The van der Waals surface area contributed by atoms with Gasteiger partial charge >= 0.3 is 5.97 Å². The molecule has 0 saturated carbocycles. The summed E-state index contributed by atoms with van der Waals surface area (Å²) in [6.45, 7) is 10.7. The number of hydrogen-bond acceptors (Lipinski definition) is 5. The summed E-state index contributed by atoms with van der Waals surface area (Å²) >= 11 is 0. The number of hydrogen-bond donors (Lipinski definition) is 1. The molecular weight excluding hydrogens is 623 g/mol. The van der Waals surface area contributed by atoms with E-state index in [1.165, 1.54) is 0 Å². The Morgan fingerprint density at radius 2 is 1.71 bits per heavy atom. The van der Waals surface area contributed by atoms with Crippen LogP contribution in [0.1, 0.15) is 43.6 Å². The van der Waals surface area contributed by atoms with Gasteiger partial charge in [0, 0.05) is 65.7 Å². The summed E-state index contributed by atoms with van der Waals surface area (Å²) in [5.74, 6) is -1.07. The van der Waals surface area contributed by atoms with Crippen molar-refractivity contribution in [2.75, 3.05) is 17.1 Å². The molecule has 4 heterocycles. The molecule has 9 nitrogen and oxygen atoms in total. The van der Waals surface area contributed by atoms with Crippen molar-refractivity contribution >= 4 is 44.4 Å². The number of rotatable bonds is 7. The molecule has 0 aliphatic carbocycles. The van der Waals surface area contributed by atoms with Crippen molar-refractivity contribution in [3.8, 4) is 33.6 Å². The fourth-order valence-electron chi connectivity index (χ4n) is 6.98. The van der Waals surface area contributed by atoms with E-state index in [0.717, 1.165) is 72.3 Å². The van der Waals surface area contributed by atoms with Gasteiger partial charge in [-0.25, -0.2) is 9.00 Å². The summed E-state index contributed by atoms with van der Waals surface area (Å²) < 4.78 is 25.6. The first-order chi connectivity index (χ1) is 22.8. The Morgan fingerprint density at radius 1 is 0.979 bits per heavy atom. The maximum absolute atomic E-state index is 13.3. The minimum Gasteiger partial charge on any atom is -0.479 e. The quantitative estimate of drug-likeness (QED) is 0.189. The molecule has 2 unspecified atom stereocenters. The van der Waals surface area contributed by atoms with Gasteiger partial charge in [-0.15, -0.1) is 0 Å². The highest BCUT2D eigenvalue weighted by molar-refractivity contribution is 7.85. The third-order valence-electron chi connectivity index (χ3n) is 9.10. The molecular formula is C38H39N5O4S. The van der Waals surface area contributed by atoms with Crippen molar-refractivity contribution in [1.29, 1.82) is 0 Å². The number of carboxylic acids is 1. The first-order valence-corrected chi connectivity index (χ1v) is 17.5. The fraction of sp³-hybridized carbons (Fsp3) is 0.289. The lowest BCUT2D eigenvalue weighted by atomic mass is 9.87. The van der Waals surface area contributed by atoms with Gasteiger partial charge in [-0.05, 0) is 81.6 Å². The summed E-state index contributed by atoms with van der Waals surface area (Å²) in [4.78, 5) is 17.8. The summed E-state index contributed by atoms with van der Waals surface area (Å²) in [6, 6.07) is 20.7. The summed E-state index contributed by atoms with van der Waals surface area (Å²) in [5.41, 5.74) is 9.93.